The average Bonchev–Trinajstić information content (AvgIpc) is 3.31. The van der Waals surface area contributed by atoms with Crippen molar-refractivity contribution in [3.8, 4) is 17.2 Å². The summed E-state index contributed by atoms with van der Waals surface area (Å²) in [5.41, 5.74) is 1.90. The molecule has 2 aromatic carbocycles. The third-order valence-corrected chi connectivity index (χ3v) is 6.33. The normalized spacial score (nSPS) is 14.5. The van der Waals surface area contributed by atoms with Crippen molar-refractivity contribution in [1.82, 2.24) is 25.3 Å². The van der Waals surface area contributed by atoms with Gasteiger partial charge in [0.05, 0.1) is 11.2 Å². The summed E-state index contributed by atoms with van der Waals surface area (Å²) < 4.78 is 44.5. The maximum absolute atomic E-state index is 12.6. The van der Waals surface area contributed by atoms with E-state index in [0.717, 1.165) is 22.2 Å². The third kappa shape index (κ3) is 5.31. The van der Waals surface area contributed by atoms with E-state index in [-0.39, 0.29) is 6.54 Å². The SMILES string of the molecule is Cc1nc(-c2cc3cc(Cl)ccc3n2-c2ccc(CNC(=O)C3(NC(=O)CC(F)(F)F)CC3)cc2)no1. The number of carbonyl (C=O) groups excluding carboxylic acids is 2. The highest BCUT2D eigenvalue weighted by Gasteiger charge is 2.51. The summed E-state index contributed by atoms with van der Waals surface area (Å²) in [6.07, 6.45) is -5.65. The number of halogens is 4. The van der Waals surface area contributed by atoms with Crippen LogP contribution in [0.5, 0.6) is 0 Å². The van der Waals surface area contributed by atoms with E-state index in [4.69, 9.17) is 16.1 Å². The van der Waals surface area contributed by atoms with Gasteiger partial charge < -0.3 is 19.7 Å². The molecule has 2 N–H and O–H groups in total. The summed E-state index contributed by atoms with van der Waals surface area (Å²) in [5, 5.41) is 10.5. The van der Waals surface area contributed by atoms with Crippen LogP contribution in [0.25, 0.3) is 28.1 Å². The molecular formula is C25H21ClF3N5O3. The fourth-order valence-electron chi connectivity index (χ4n) is 4.17. The molecule has 5 rings (SSSR count). The first-order valence-corrected chi connectivity index (χ1v) is 11.8. The molecule has 0 spiro atoms. The molecule has 8 nitrogen and oxygen atoms in total. The van der Waals surface area contributed by atoms with E-state index >= 15 is 0 Å². The number of rotatable bonds is 7. The first kappa shape index (κ1) is 24.8. The van der Waals surface area contributed by atoms with Gasteiger partial charge in [-0.05, 0) is 54.8 Å². The molecule has 2 aromatic heterocycles. The van der Waals surface area contributed by atoms with Crippen LogP contribution < -0.4 is 10.6 Å². The number of fused-ring (bicyclic) bond motifs is 1. The van der Waals surface area contributed by atoms with Gasteiger partial charge in [0.2, 0.25) is 23.5 Å². The Kier molecular flexibility index (Phi) is 6.18. The number of hydrogen-bond donors (Lipinski definition) is 2. The molecule has 2 amide bonds. The number of carbonyl (C=O) groups is 2. The van der Waals surface area contributed by atoms with Gasteiger partial charge in [0, 0.05) is 29.6 Å². The molecule has 0 radical (unpaired) electrons. The standard InChI is InChI=1S/C25H21ClF3N5O3/c1-14-31-22(33-37-14)20-11-16-10-17(26)4-7-19(16)34(20)18-5-2-15(3-6-18)13-30-23(36)24(8-9-24)32-21(35)12-25(27,28)29/h2-7,10-11H,8-9,12-13H2,1H3,(H,30,36)(H,32,35). The van der Waals surface area contributed by atoms with E-state index in [1.165, 1.54) is 0 Å². The Balaban J connectivity index is 1.32. The predicted octanol–water partition coefficient (Wildman–Crippen LogP) is 4.86. The van der Waals surface area contributed by atoms with Crippen molar-refractivity contribution < 1.29 is 27.3 Å². The zero-order valence-corrected chi connectivity index (χ0v) is 20.3. The molecule has 12 heteroatoms. The van der Waals surface area contributed by atoms with Gasteiger partial charge in [-0.3, -0.25) is 9.59 Å². The summed E-state index contributed by atoms with van der Waals surface area (Å²) in [5.74, 6) is -0.866. The van der Waals surface area contributed by atoms with E-state index in [0.29, 0.717) is 35.3 Å². The van der Waals surface area contributed by atoms with Gasteiger partial charge in [-0.15, -0.1) is 0 Å². The molecular weight excluding hydrogens is 511 g/mol. The second-order valence-corrected chi connectivity index (χ2v) is 9.41. The highest BCUT2D eigenvalue weighted by atomic mass is 35.5. The Morgan fingerprint density at radius 2 is 1.86 bits per heavy atom. The van der Waals surface area contributed by atoms with Crippen molar-refractivity contribution in [3.63, 3.8) is 0 Å². The lowest BCUT2D eigenvalue weighted by Gasteiger charge is -2.18. The van der Waals surface area contributed by atoms with Crippen molar-refractivity contribution in [2.75, 3.05) is 0 Å². The van der Waals surface area contributed by atoms with Crippen LogP contribution in [-0.2, 0) is 16.1 Å². The molecule has 1 aliphatic rings. The first-order chi connectivity index (χ1) is 17.5. The summed E-state index contributed by atoms with van der Waals surface area (Å²) in [4.78, 5) is 28.6. The van der Waals surface area contributed by atoms with Gasteiger partial charge in [0.15, 0.2) is 0 Å². The second kappa shape index (κ2) is 9.22. The number of aryl methyl sites for hydroxylation is 1. The number of benzene rings is 2. The highest BCUT2D eigenvalue weighted by molar-refractivity contribution is 6.31. The minimum absolute atomic E-state index is 0.148. The number of nitrogens with one attached hydrogen (secondary N) is 2. The predicted molar refractivity (Wildman–Crippen MR) is 129 cm³/mol. The van der Waals surface area contributed by atoms with Gasteiger partial charge >= 0.3 is 6.18 Å². The van der Waals surface area contributed by atoms with Crippen molar-refractivity contribution >= 4 is 34.3 Å². The molecule has 1 saturated carbocycles. The Morgan fingerprint density at radius 3 is 2.49 bits per heavy atom. The zero-order valence-electron chi connectivity index (χ0n) is 19.5. The second-order valence-electron chi connectivity index (χ2n) is 8.98. The quantitative estimate of drug-likeness (QED) is 0.354. The molecule has 1 aliphatic carbocycles. The van der Waals surface area contributed by atoms with E-state index in [2.05, 4.69) is 20.8 Å². The largest absolute Gasteiger partial charge is 0.397 e. The number of amides is 2. The van der Waals surface area contributed by atoms with Crippen LogP contribution >= 0.6 is 11.6 Å². The Labute approximate surface area is 213 Å². The number of aromatic nitrogens is 3. The number of hydrogen-bond acceptors (Lipinski definition) is 5. The van der Waals surface area contributed by atoms with Gasteiger partial charge in [-0.2, -0.15) is 18.2 Å². The molecule has 0 bridgehead atoms. The average molecular weight is 532 g/mol. The molecule has 0 unspecified atom stereocenters. The lowest BCUT2D eigenvalue weighted by molar-refractivity contribution is -0.155. The maximum Gasteiger partial charge on any atom is 0.397 e. The minimum atomic E-state index is -4.63. The minimum Gasteiger partial charge on any atom is -0.350 e. The maximum atomic E-state index is 12.6. The molecule has 37 heavy (non-hydrogen) atoms. The fourth-order valence-corrected chi connectivity index (χ4v) is 4.35. The smallest absolute Gasteiger partial charge is 0.350 e. The van der Waals surface area contributed by atoms with Crippen LogP contribution in [0.1, 0.15) is 30.7 Å². The van der Waals surface area contributed by atoms with E-state index < -0.39 is 30.0 Å². The summed E-state index contributed by atoms with van der Waals surface area (Å²) in [6, 6.07) is 14.8. The summed E-state index contributed by atoms with van der Waals surface area (Å²) in [7, 11) is 0. The highest BCUT2D eigenvalue weighted by Crippen LogP contribution is 2.36. The van der Waals surface area contributed by atoms with Gasteiger partial charge in [0.25, 0.3) is 0 Å². The lowest BCUT2D eigenvalue weighted by Crippen LogP contribution is -2.49. The van der Waals surface area contributed by atoms with Gasteiger partial charge in [-0.25, -0.2) is 0 Å². The van der Waals surface area contributed by atoms with Crippen LogP contribution in [0, 0.1) is 6.92 Å². The molecule has 192 valence electrons. The van der Waals surface area contributed by atoms with Crippen LogP contribution in [0.15, 0.2) is 53.1 Å². The van der Waals surface area contributed by atoms with Crippen LogP contribution in [0.2, 0.25) is 5.02 Å². The lowest BCUT2D eigenvalue weighted by atomic mass is 10.1. The number of nitrogens with zero attached hydrogens (tertiary/aromatic N) is 3. The molecule has 2 heterocycles. The Hall–Kier alpha value is -3.86. The van der Waals surface area contributed by atoms with Gasteiger partial charge in [0.1, 0.15) is 12.0 Å². The van der Waals surface area contributed by atoms with E-state index in [1.807, 2.05) is 47.0 Å². The fraction of sp³-hybridized carbons (Fsp3) is 0.280. The molecule has 0 atom stereocenters. The zero-order chi connectivity index (χ0) is 26.4. The first-order valence-electron chi connectivity index (χ1n) is 11.4. The molecule has 0 aliphatic heterocycles. The topological polar surface area (TPSA) is 102 Å². The van der Waals surface area contributed by atoms with E-state index in [1.54, 1.807) is 13.0 Å². The Bertz CT molecular complexity index is 1490. The molecule has 1 fully saturated rings. The van der Waals surface area contributed by atoms with Crippen molar-refractivity contribution in [2.45, 2.75) is 44.4 Å². The van der Waals surface area contributed by atoms with E-state index in [9.17, 15) is 22.8 Å². The van der Waals surface area contributed by atoms with Crippen molar-refractivity contribution in [1.29, 1.82) is 0 Å². The number of alkyl halides is 3. The van der Waals surface area contributed by atoms with Crippen LogP contribution in [0.4, 0.5) is 13.2 Å². The summed E-state index contributed by atoms with van der Waals surface area (Å²) in [6.45, 7) is 1.85. The monoisotopic (exact) mass is 531 g/mol. The van der Waals surface area contributed by atoms with Crippen LogP contribution in [0.3, 0.4) is 0 Å². The van der Waals surface area contributed by atoms with Crippen LogP contribution in [-0.4, -0.2) is 38.2 Å². The summed E-state index contributed by atoms with van der Waals surface area (Å²) >= 11 is 6.18. The molecule has 0 saturated heterocycles. The van der Waals surface area contributed by atoms with Crippen molar-refractivity contribution in [2.24, 2.45) is 0 Å². The molecule has 4 aromatic rings. The van der Waals surface area contributed by atoms with Gasteiger partial charge in [-0.1, -0.05) is 28.9 Å². The van der Waals surface area contributed by atoms with Crippen molar-refractivity contribution in [3.05, 3.63) is 65.0 Å². The third-order valence-electron chi connectivity index (χ3n) is 6.09. The Morgan fingerprint density at radius 1 is 1.14 bits per heavy atom.